The molecule has 1 aliphatic heterocycles. The number of carbonyl (C=O) groups is 1. The van der Waals surface area contributed by atoms with Crippen molar-refractivity contribution in [3.63, 3.8) is 0 Å². The number of imidazole rings is 1. The summed E-state index contributed by atoms with van der Waals surface area (Å²) in [5.41, 5.74) is 1.89. The number of nitrogens with zero attached hydrogens (tertiary/aromatic N) is 3. The van der Waals surface area contributed by atoms with Crippen LogP contribution in [0.5, 0.6) is 0 Å². The number of hydrogen-bond donors (Lipinski definition) is 1. The van der Waals surface area contributed by atoms with Gasteiger partial charge in [0, 0.05) is 50.6 Å². The Balaban J connectivity index is 1.51. The highest BCUT2D eigenvalue weighted by molar-refractivity contribution is 6.31. The van der Waals surface area contributed by atoms with Crippen LogP contribution in [0, 0.1) is 0 Å². The Morgan fingerprint density at radius 1 is 1.40 bits per heavy atom. The Morgan fingerprint density at radius 3 is 2.92 bits per heavy atom. The molecule has 1 amide bonds. The predicted molar refractivity (Wildman–Crippen MR) is 98.9 cm³/mol. The fourth-order valence-electron chi connectivity index (χ4n) is 3.24. The molecule has 0 bridgehead atoms. The Bertz CT molecular complexity index is 740. The summed E-state index contributed by atoms with van der Waals surface area (Å²) in [6.45, 7) is 6.32. The van der Waals surface area contributed by atoms with Crippen LogP contribution in [0.25, 0.3) is 11.0 Å². The summed E-state index contributed by atoms with van der Waals surface area (Å²) in [7, 11) is 1.97. The first-order valence-electron chi connectivity index (χ1n) is 8.73. The number of fused-ring (bicyclic) bond motifs is 1. The zero-order chi connectivity index (χ0) is 17.8. The van der Waals surface area contributed by atoms with Gasteiger partial charge in [-0.25, -0.2) is 4.98 Å². The summed E-state index contributed by atoms with van der Waals surface area (Å²) in [6.07, 6.45) is 1.04. The highest BCUT2D eigenvalue weighted by Gasteiger charge is 2.16. The monoisotopic (exact) mass is 364 g/mol. The molecule has 1 N–H and O–H groups in total. The number of aromatic nitrogens is 2. The predicted octanol–water partition coefficient (Wildman–Crippen LogP) is 2.00. The molecule has 6 nitrogen and oxygen atoms in total. The van der Waals surface area contributed by atoms with Gasteiger partial charge in [-0.1, -0.05) is 11.6 Å². The molecule has 1 atom stereocenters. The fraction of sp³-hybridized carbons (Fsp3) is 0.556. The van der Waals surface area contributed by atoms with Gasteiger partial charge in [-0.3, -0.25) is 9.69 Å². The third-order valence-corrected chi connectivity index (χ3v) is 4.79. The molecule has 0 spiro atoms. The number of rotatable bonds is 6. The number of ether oxygens (including phenoxy) is 1. The van der Waals surface area contributed by atoms with Crippen molar-refractivity contribution < 1.29 is 9.53 Å². The Kier molecular flexibility index (Phi) is 5.93. The molecule has 3 rings (SSSR count). The van der Waals surface area contributed by atoms with Crippen LogP contribution in [0.2, 0.25) is 5.02 Å². The molecule has 2 aromatic rings. The average molecular weight is 365 g/mol. The van der Waals surface area contributed by atoms with Crippen molar-refractivity contribution in [2.24, 2.45) is 7.05 Å². The summed E-state index contributed by atoms with van der Waals surface area (Å²) in [5.74, 6) is 0.957. The molecule has 1 unspecified atom stereocenters. The lowest BCUT2D eigenvalue weighted by molar-refractivity contribution is -0.121. The highest BCUT2D eigenvalue weighted by Crippen LogP contribution is 2.20. The van der Waals surface area contributed by atoms with Crippen molar-refractivity contribution in [1.29, 1.82) is 0 Å². The van der Waals surface area contributed by atoms with Crippen LogP contribution in [0.1, 0.15) is 19.2 Å². The molecule has 1 fully saturated rings. The molecular weight excluding hydrogens is 340 g/mol. The lowest BCUT2D eigenvalue weighted by Gasteiger charge is -2.29. The van der Waals surface area contributed by atoms with Crippen molar-refractivity contribution in [1.82, 2.24) is 19.8 Å². The number of aryl methyl sites for hydroxylation is 2. The van der Waals surface area contributed by atoms with Gasteiger partial charge in [-0.2, -0.15) is 0 Å². The molecule has 0 saturated carbocycles. The lowest BCUT2D eigenvalue weighted by Crippen LogP contribution is -2.46. The van der Waals surface area contributed by atoms with E-state index in [-0.39, 0.29) is 11.9 Å². The number of benzene rings is 1. The van der Waals surface area contributed by atoms with Crippen molar-refractivity contribution in [2.75, 3.05) is 32.8 Å². The van der Waals surface area contributed by atoms with Gasteiger partial charge < -0.3 is 14.6 Å². The minimum Gasteiger partial charge on any atom is -0.379 e. The SMILES string of the molecule is CC(CN1CCOCC1)NC(=O)CCc1nc2cc(Cl)ccc2n1C. The Hall–Kier alpha value is -1.63. The van der Waals surface area contributed by atoms with E-state index in [9.17, 15) is 4.79 Å². The number of nitrogens with one attached hydrogen (secondary N) is 1. The number of amides is 1. The number of hydrogen-bond acceptors (Lipinski definition) is 4. The standard InChI is InChI=1S/C18H25ClN4O2/c1-13(12-23-7-9-25-10-8-23)20-18(24)6-5-17-21-15-11-14(19)3-4-16(15)22(17)2/h3-4,11,13H,5-10,12H2,1-2H3,(H,20,24). The first-order chi connectivity index (χ1) is 12.0. The van der Waals surface area contributed by atoms with E-state index in [4.69, 9.17) is 16.3 Å². The van der Waals surface area contributed by atoms with Crippen molar-refractivity contribution in [2.45, 2.75) is 25.8 Å². The number of morpholine rings is 1. The maximum absolute atomic E-state index is 12.2. The van der Waals surface area contributed by atoms with E-state index < -0.39 is 0 Å². The molecule has 7 heteroatoms. The average Bonchev–Trinajstić information content (AvgIpc) is 2.89. The molecule has 1 aromatic heterocycles. The molecule has 1 saturated heterocycles. The smallest absolute Gasteiger partial charge is 0.220 e. The Labute approximate surface area is 153 Å². The van der Waals surface area contributed by atoms with Gasteiger partial charge in [-0.05, 0) is 25.1 Å². The topological polar surface area (TPSA) is 59.4 Å². The molecule has 2 heterocycles. The second kappa shape index (κ2) is 8.17. The normalized spacial score (nSPS) is 16.9. The summed E-state index contributed by atoms with van der Waals surface area (Å²) in [4.78, 5) is 19.2. The van der Waals surface area contributed by atoms with Gasteiger partial charge in [0.2, 0.25) is 5.91 Å². The second-order valence-corrected chi connectivity index (χ2v) is 7.04. The fourth-order valence-corrected chi connectivity index (χ4v) is 3.40. The van der Waals surface area contributed by atoms with Crippen LogP contribution in [0.15, 0.2) is 18.2 Å². The molecule has 1 aliphatic rings. The van der Waals surface area contributed by atoms with E-state index in [0.717, 1.165) is 49.7 Å². The van der Waals surface area contributed by atoms with Crippen LogP contribution in [-0.2, 0) is 23.0 Å². The van der Waals surface area contributed by atoms with Crippen LogP contribution in [0.3, 0.4) is 0 Å². The molecule has 0 aliphatic carbocycles. The lowest BCUT2D eigenvalue weighted by atomic mass is 10.2. The number of carbonyl (C=O) groups excluding carboxylic acids is 1. The van der Waals surface area contributed by atoms with E-state index in [0.29, 0.717) is 17.9 Å². The maximum Gasteiger partial charge on any atom is 0.220 e. The van der Waals surface area contributed by atoms with E-state index in [2.05, 4.69) is 15.2 Å². The van der Waals surface area contributed by atoms with Gasteiger partial charge >= 0.3 is 0 Å². The first-order valence-corrected chi connectivity index (χ1v) is 9.11. The molecule has 25 heavy (non-hydrogen) atoms. The minimum atomic E-state index is 0.0610. The van der Waals surface area contributed by atoms with E-state index in [1.54, 1.807) is 0 Å². The van der Waals surface area contributed by atoms with Crippen molar-refractivity contribution >= 4 is 28.5 Å². The van der Waals surface area contributed by atoms with Gasteiger partial charge in [-0.15, -0.1) is 0 Å². The molecule has 1 aromatic carbocycles. The largest absolute Gasteiger partial charge is 0.379 e. The van der Waals surface area contributed by atoms with Gasteiger partial charge in [0.1, 0.15) is 5.82 Å². The molecular formula is C18H25ClN4O2. The first kappa shape index (κ1) is 18.2. The number of halogens is 1. The third-order valence-electron chi connectivity index (χ3n) is 4.55. The van der Waals surface area contributed by atoms with Crippen molar-refractivity contribution in [3.05, 3.63) is 29.0 Å². The second-order valence-electron chi connectivity index (χ2n) is 6.60. The summed E-state index contributed by atoms with van der Waals surface area (Å²) in [5, 5.41) is 3.75. The molecule has 136 valence electrons. The van der Waals surface area contributed by atoms with Crippen LogP contribution < -0.4 is 5.32 Å². The van der Waals surface area contributed by atoms with Crippen LogP contribution >= 0.6 is 11.6 Å². The van der Waals surface area contributed by atoms with Gasteiger partial charge in [0.25, 0.3) is 0 Å². The van der Waals surface area contributed by atoms with Crippen molar-refractivity contribution in [3.8, 4) is 0 Å². The minimum absolute atomic E-state index is 0.0610. The molecule has 0 radical (unpaired) electrons. The summed E-state index contributed by atoms with van der Waals surface area (Å²) >= 11 is 6.02. The third kappa shape index (κ3) is 4.71. The zero-order valence-corrected chi connectivity index (χ0v) is 15.6. The van der Waals surface area contributed by atoms with E-state index in [1.165, 1.54) is 0 Å². The Morgan fingerprint density at radius 2 is 2.16 bits per heavy atom. The van der Waals surface area contributed by atoms with Gasteiger partial charge in [0.15, 0.2) is 0 Å². The highest BCUT2D eigenvalue weighted by atomic mass is 35.5. The summed E-state index contributed by atoms with van der Waals surface area (Å²) in [6, 6.07) is 5.80. The zero-order valence-electron chi connectivity index (χ0n) is 14.8. The van der Waals surface area contributed by atoms with Gasteiger partial charge in [0.05, 0.1) is 24.2 Å². The quantitative estimate of drug-likeness (QED) is 0.851. The summed E-state index contributed by atoms with van der Waals surface area (Å²) < 4.78 is 7.37. The van der Waals surface area contributed by atoms with Crippen LogP contribution in [0.4, 0.5) is 0 Å². The van der Waals surface area contributed by atoms with E-state index in [1.807, 2.05) is 36.7 Å². The van der Waals surface area contributed by atoms with Crippen LogP contribution in [-0.4, -0.2) is 59.2 Å². The van der Waals surface area contributed by atoms with E-state index >= 15 is 0 Å². The maximum atomic E-state index is 12.2.